The van der Waals surface area contributed by atoms with Gasteiger partial charge < -0.3 is 15.0 Å². The summed E-state index contributed by atoms with van der Waals surface area (Å²) >= 11 is 0. The number of hydrogen-bond donors (Lipinski definition) is 1. The summed E-state index contributed by atoms with van der Waals surface area (Å²) < 4.78 is 4.88. The van der Waals surface area contributed by atoms with Crippen LogP contribution in [0, 0.1) is 0 Å². The molecule has 1 aromatic carbocycles. The lowest BCUT2D eigenvalue weighted by atomic mass is 10.2. The zero-order chi connectivity index (χ0) is 17.0. The number of nitrogens with zero attached hydrogens (tertiary/aromatic N) is 2. The lowest BCUT2D eigenvalue weighted by Crippen LogP contribution is -2.38. The lowest BCUT2D eigenvalue weighted by molar-refractivity contribution is -0.129. The van der Waals surface area contributed by atoms with E-state index in [4.69, 9.17) is 4.74 Å². The SMILES string of the molecule is CCOC(=O)c1cccc(NC(=O)CN2C(=O)CN(C)C2=O)c1. The molecule has 0 aromatic heterocycles. The van der Waals surface area contributed by atoms with Crippen LogP contribution < -0.4 is 5.32 Å². The van der Waals surface area contributed by atoms with Gasteiger partial charge in [-0.3, -0.25) is 14.5 Å². The van der Waals surface area contributed by atoms with Gasteiger partial charge in [-0.25, -0.2) is 9.59 Å². The molecule has 1 saturated heterocycles. The number of carbonyl (C=O) groups is 4. The Labute approximate surface area is 133 Å². The monoisotopic (exact) mass is 319 g/mol. The van der Waals surface area contributed by atoms with Crippen LogP contribution in [0.5, 0.6) is 0 Å². The van der Waals surface area contributed by atoms with Crippen molar-refractivity contribution in [1.29, 1.82) is 0 Å². The van der Waals surface area contributed by atoms with Gasteiger partial charge in [-0.05, 0) is 25.1 Å². The molecule has 1 N–H and O–H groups in total. The number of amides is 4. The van der Waals surface area contributed by atoms with E-state index >= 15 is 0 Å². The molecule has 0 radical (unpaired) electrons. The number of urea groups is 1. The topological polar surface area (TPSA) is 96.0 Å². The van der Waals surface area contributed by atoms with Crippen molar-refractivity contribution in [3.8, 4) is 0 Å². The van der Waals surface area contributed by atoms with Crippen LogP contribution in [0.25, 0.3) is 0 Å². The van der Waals surface area contributed by atoms with E-state index in [1.54, 1.807) is 25.1 Å². The van der Waals surface area contributed by atoms with E-state index in [1.807, 2.05) is 0 Å². The molecule has 1 aromatic rings. The molecule has 0 unspecified atom stereocenters. The summed E-state index contributed by atoms with van der Waals surface area (Å²) in [6, 6.07) is 5.72. The number of hydrogen-bond acceptors (Lipinski definition) is 5. The molecule has 0 aliphatic carbocycles. The fourth-order valence-corrected chi connectivity index (χ4v) is 2.11. The van der Waals surface area contributed by atoms with Gasteiger partial charge in [0.15, 0.2) is 0 Å². The summed E-state index contributed by atoms with van der Waals surface area (Å²) in [6.45, 7) is 1.54. The van der Waals surface area contributed by atoms with Crippen LogP contribution in [0.1, 0.15) is 17.3 Å². The Morgan fingerprint density at radius 2 is 2.04 bits per heavy atom. The largest absolute Gasteiger partial charge is 0.462 e. The van der Waals surface area contributed by atoms with Crippen LogP contribution in [0.2, 0.25) is 0 Å². The second-order valence-electron chi connectivity index (χ2n) is 4.97. The highest BCUT2D eigenvalue weighted by Crippen LogP contribution is 2.13. The molecule has 1 aliphatic rings. The third-order valence-corrected chi connectivity index (χ3v) is 3.19. The number of ether oxygens (including phenoxy) is 1. The molecule has 23 heavy (non-hydrogen) atoms. The number of nitrogens with one attached hydrogen (secondary N) is 1. The van der Waals surface area contributed by atoms with E-state index in [0.717, 1.165) is 4.90 Å². The van der Waals surface area contributed by atoms with Gasteiger partial charge in [-0.2, -0.15) is 0 Å². The Morgan fingerprint density at radius 1 is 1.30 bits per heavy atom. The molecule has 4 amide bonds. The Balaban J connectivity index is 2.01. The smallest absolute Gasteiger partial charge is 0.338 e. The summed E-state index contributed by atoms with van der Waals surface area (Å²) in [4.78, 5) is 49.1. The predicted octanol–water partition coefficient (Wildman–Crippen LogP) is 0.696. The number of rotatable bonds is 5. The fourth-order valence-electron chi connectivity index (χ4n) is 2.11. The van der Waals surface area contributed by atoms with E-state index < -0.39 is 23.8 Å². The molecule has 2 rings (SSSR count). The summed E-state index contributed by atoms with van der Waals surface area (Å²) in [5.74, 6) is -1.44. The molecule has 0 spiro atoms. The second-order valence-corrected chi connectivity index (χ2v) is 4.97. The van der Waals surface area contributed by atoms with Crippen molar-refractivity contribution in [3.05, 3.63) is 29.8 Å². The van der Waals surface area contributed by atoms with Gasteiger partial charge >= 0.3 is 12.0 Å². The van der Waals surface area contributed by atoms with Crippen LogP contribution in [0.4, 0.5) is 10.5 Å². The Kier molecular flexibility index (Phi) is 4.95. The van der Waals surface area contributed by atoms with Gasteiger partial charge in [0.2, 0.25) is 5.91 Å². The first-order chi connectivity index (χ1) is 10.9. The summed E-state index contributed by atoms with van der Waals surface area (Å²) in [5.41, 5.74) is 0.686. The van der Waals surface area contributed by atoms with E-state index in [0.29, 0.717) is 11.3 Å². The highest BCUT2D eigenvalue weighted by Gasteiger charge is 2.34. The van der Waals surface area contributed by atoms with E-state index in [9.17, 15) is 19.2 Å². The van der Waals surface area contributed by atoms with Crippen molar-refractivity contribution in [2.24, 2.45) is 0 Å². The molecular weight excluding hydrogens is 302 g/mol. The van der Waals surface area contributed by atoms with Gasteiger partial charge in [-0.1, -0.05) is 6.07 Å². The molecule has 0 atom stereocenters. The third-order valence-electron chi connectivity index (χ3n) is 3.19. The minimum absolute atomic E-state index is 0.0372. The maximum atomic E-state index is 12.0. The average molecular weight is 319 g/mol. The molecule has 1 fully saturated rings. The van der Waals surface area contributed by atoms with Crippen molar-refractivity contribution in [2.45, 2.75) is 6.92 Å². The van der Waals surface area contributed by atoms with Gasteiger partial charge in [0, 0.05) is 12.7 Å². The summed E-state index contributed by atoms with van der Waals surface area (Å²) in [6.07, 6.45) is 0. The highest BCUT2D eigenvalue weighted by molar-refractivity contribution is 6.06. The second kappa shape index (κ2) is 6.91. The number of anilines is 1. The number of benzene rings is 1. The average Bonchev–Trinajstić information content (AvgIpc) is 2.74. The maximum absolute atomic E-state index is 12.0. The zero-order valence-corrected chi connectivity index (χ0v) is 12.9. The molecular formula is C15H17N3O5. The minimum atomic E-state index is -0.525. The lowest BCUT2D eigenvalue weighted by Gasteiger charge is -2.14. The first kappa shape index (κ1) is 16.5. The molecule has 0 saturated carbocycles. The van der Waals surface area contributed by atoms with Crippen molar-refractivity contribution < 1.29 is 23.9 Å². The Morgan fingerprint density at radius 3 is 2.65 bits per heavy atom. The number of likely N-dealkylation sites (N-methyl/N-ethyl adjacent to an activating group) is 1. The van der Waals surface area contributed by atoms with Crippen LogP contribution in [0.3, 0.4) is 0 Å². The van der Waals surface area contributed by atoms with Crippen molar-refractivity contribution in [1.82, 2.24) is 9.80 Å². The summed E-state index contributed by atoms with van der Waals surface area (Å²) in [7, 11) is 1.49. The summed E-state index contributed by atoms with van der Waals surface area (Å²) in [5, 5.41) is 2.55. The van der Waals surface area contributed by atoms with Gasteiger partial charge in [0.25, 0.3) is 5.91 Å². The Hall–Kier alpha value is -2.90. The number of imide groups is 1. The van der Waals surface area contributed by atoms with Gasteiger partial charge in [-0.15, -0.1) is 0 Å². The predicted molar refractivity (Wildman–Crippen MR) is 80.8 cm³/mol. The van der Waals surface area contributed by atoms with Crippen molar-refractivity contribution in [2.75, 3.05) is 32.1 Å². The van der Waals surface area contributed by atoms with E-state index in [2.05, 4.69) is 5.32 Å². The first-order valence-corrected chi connectivity index (χ1v) is 7.05. The third kappa shape index (κ3) is 3.85. The molecule has 0 bridgehead atoms. The Bertz CT molecular complexity index is 658. The van der Waals surface area contributed by atoms with Crippen LogP contribution in [-0.4, -0.2) is 60.4 Å². The van der Waals surface area contributed by atoms with Gasteiger partial charge in [0.05, 0.1) is 12.2 Å². The number of carbonyl (C=O) groups excluding carboxylic acids is 4. The zero-order valence-electron chi connectivity index (χ0n) is 12.9. The molecule has 8 nitrogen and oxygen atoms in total. The minimum Gasteiger partial charge on any atom is -0.462 e. The molecule has 1 aliphatic heterocycles. The van der Waals surface area contributed by atoms with Gasteiger partial charge in [0.1, 0.15) is 13.1 Å². The van der Waals surface area contributed by atoms with Crippen LogP contribution in [0.15, 0.2) is 24.3 Å². The molecule has 1 heterocycles. The van der Waals surface area contributed by atoms with Crippen molar-refractivity contribution >= 4 is 29.5 Å². The first-order valence-electron chi connectivity index (χ1n) is 7.05. The fraction of sp³-hybridized carbons (Fsp3) is 0.333. The maximum Gasteiger partial charge on any atom is 0.338 e. The van der Waals surface area contributed by atoms with E-state index in [1.165, 1.54) is 18.0 Å². The van der Waals surface area contributed by atoms with E-state index in [-0.39, 0.29) is 19.7 Å². The number of esters is 1. The quantitative estimate of drug-likeness (QED) is 0.636. The molecule has 122 valence electrons. The normalized spacial score (nSPS) is 14.2. The van der Waals surface area contributed by atoms with Crippen molar-refractivity contribution in [3.63, 3.8) is 0 Å². The highest BCUT2D eigenvalue weighted by atomic mass is 16.5. The standard InChI is InChI=1S/C15H17N3O5/c1-3-23-14(21)10-5-4-6-11(7-10)16-12(19)8-18-13(20)9-17(2)15(18)22/h4-7H,3,8-9H2,1-2H3,(H,16,19). The molecule has 8 heteroatoms. The van der Waals surface area contributed by atoms with Crippen LogP contribution >= 0.6 is 0 Å². The van der Waals surface area contributed by atoms with Crippen LogP contribution in [-0.2, 0) is 14.3 Å².